The lowest BCUT2D eigenvalue weighted by molar-refractivity contribution is 0.607. The largest absolute Gasteiger partial charge is 0.355 e. The highest BCUT2D eigenvalue weighted by molar-refractivity contribution is 5.41. The molecule has 0 saturated heterocycles. The van der Waals surface area contributed by atoms with Gasteiger partial charge in [-0.2, -0.15) is 0 Å². The molecule has 4 heteroatoms. The molecule has 0 radical (unpaired) electrons. The summed E-state index contributed by atoms with van der Waals surface area (Å²) in [6.45, 7) is 1.30. The van der Waals surface area contributed by atoms with Crippen molar-refractivity contribution in [1.29, 1.82) is 0 Å². The Morgan fingerprint density at radius 3 is 2.79 bits per heavy atom. The molecule has 19 heavy (non-hydrogen) atoms. The highest BCUT2D eigenvalue weighted by Gasteiger charge is 2.07. The van der Waals surface area contributed by atoms with Gasteiger partial charge >= 0.3 is 0 Å². The van der Waals surface area contributed by atoms with Crippen LogP contribution in [0.4, 0.5) is 10.2 Å². The van der Waals surface area contributed by atoms with Gasteiger partial charge in [0.25, 0.3) is 0 Å². The van der Waals surface area contributed by atoms with Gasteiger partial charge in [-0.1, -0.05) is 18.2 Å². The Balaban J connectivity index is 2.13. The van der Waals surface area contributed by atoms with Gasteiger partial charge in [0.05, 0.1) is 0 Å². The number of pyridine rings is 1. The van der Waals surface area contributed by atoms with Crippen molar-refractivity contribution in [3.8, 4) is 0 Å². The molecule has 0 bridgehead atoms. The number of rotatable bonds is 5. The molecule has 1 heterocycles. The summed E-state index contributed by atoms with van der Waals surface area (Å²) >= 11 is 0. The fourth-order valence-corrected chi connectivity index (χ4v) is 1.95. The van der Waals surface area contributed by atoms with Crippen molar-refractivity contribution in [3.05, 3.63) is 59.5 Å². The van der Waals surface area contributed by atoms with Crippen LogP contribution in [0.1, 0.15) is 11.1 Å². The molecule has 2 rings (SSSR count). The number of benzene rings is 1. The minimum atomic E-state index is -0.180. The van der Waals surface area contributed by atoms with Gasteiger partial charge in [0.15, 0.2) is 0 Å². The molecule has 1 aromatic carbocycles. The minimum absolute atomic E-state index is 0.180. The maximum atomic E-state index is 13.6. The van der Waals surface area contributed by atoms with E-state index in [1.165, 1.54) is 6.07 Å². The van der Waals surface area contributed by atoms with Crippen LogP contribution < -0.4 is 10.2 Å². The zero-order valence-corrected chi connectivity index (χ0v) is 11.2. The van der Waals surface area contributed by atoms with Crippen LogP contribution in [0.3, 0.4) is 0 Å². The van der Waals surface area contributed by atoms with Gasteiger partial charge in [-0.05, 0) is 30.8 Å². The Hall–Kier alpha value is -1.94. The Morgan fingerprint density at radius 2 is 2.05 bits per heavy atom. The molecule has 2 aromatic rings. The lowest BCUT2D eigenvalue weighted by Gasteiger charge is -2.19. The molecular weight excluding hydrogens is 241 g/mol. The van der Waals surface area contributed by atoms with Crippen molar-refractivity contribution in [2.45, 2.75) is 13.1 Å². The number of halogens is 1. The van der Waals surface area contributed by atoms with E-state index in [9.17, 15) is 4.39 Å². The van der Waals surface area contributed by atoms with E-state index in [4.69, 9.17) is 0 Å². The van der Waals surface area contributed by atoms with E-state index >= 15 is 0 Å². The van der Waals surface area contributed by atoms with E-state index in [2.05, 4.69) is 10.3 Å². The second-order valence-electron chi connectivity index (χ2n) is 4.50. The Labute approximate surface area is 113 Å². The first kappa shape index (κ1) is 13.5. The molecule has 1 N–H and O–H groups in total. The van der Waals surface area contributed by atoms with Crippen LogP contribution in [0.5, 0.6) is 0 Å². The number of aromatic nitrogens is 1. The van der Waals surface area contributed by atoms with Crippen LogP contribution in [0.2, 0.25) is 0 Å². The first-order chi connectivity index (χ1) is 9.20. The van der Waals surface area contributed by atoms with Crippen molar-refractivity contribution < 1.29 is 4.39 Å². The molecule has 0 saturated carbocycles. The van der Waals surface area contributed by atoms with Crippen LogP contribution >= 0.6 is 0 Å². The molecule has 0 spiro atoms. The van der Waals surface area contributed by atoms with E-state index < -0.39 is 0 Å². The molecule has 0 aliphatic carbocycles. The third-order valence-electron chi connectivity index (χ3n) is 2.95. The highest BCUT2D eigenvalue weighted by atomic mass is 19.1. The zero-order valence-electron chi connectivity index (χ0n) is 11.2. The Kier molecular flexibility index (Phi) is 4.47. The minimum Gasteiger partial charge on any atom is -0.355 e. The molecule has 0 aliphatic rings. The van der Waals surface area contributed by atoms with Crippen LogP contribution in [0.15, 0.2) is 42.6 Å². The summed E-state index contributed by atoms with van der Waals surface area (Å²) in [5.74, 6) is 0.664. The highest BCUT2D eigenvalue weighted by Crippen LogP contribution is 2.15. The molecule has 0 atom stereocenters. The molecule has 0 amide bonds. The second kappa shape index (κ2) is 6.29. The molecule has 0 unspecified atom stereocenters. The van der Waals surface area contributed by atoms with Gasteiger partial charge in [0, 0.05) is 31.9 Å². The van der Waals surface area contributed by atoms with E-state index in [-0.39, 0.29) is 5.82 Å². The number of anilines is 1. The van der Waals surface area contributed by atoms with Crippen molar-refractivity contribution in [3.63, 3.8) is 0 Å². The number of nitrogens with one attached hydrogen (secondary N) is 1. The van der Waals surface area contributed by atoms with E-state index in [1.54, 1.807) is 18.3 Å². The summed E-state index contributed by atoms with van der Waals surface area (Å²) in [5.41, 5.74) is 1.83. The van der Waals surface area contributed by atoms with Gasteiger partial charge in [-0.25, -0.2) is 9.37 Å². The number of hydrogen-bond acceptors (Lipinski definition) is 3. The van der Waals surface area contributed by atoms with E-state index in [0.717, 1.165) is 17.9 Å². The smallest absolute Gasteiger partial charge is 0.128 e. The van der Waals surface area contributed by atoms with Crippen LogP contribution in [0.25, 0.3) is 0 Å². The molecule has 0 aliphatic heterocycles. The fourth-order valence-electron chi connectivity index (χ4n) is 1.95. The standard InChI is InChI=1S/C15H18FN3/c1-17-10-12-7-8-18-15(9-12)19(2)11-13-5-3-4-6-14(13)16/h3-9,17H,10-11H2,1-2H3. The number of nitrogens with zero attached hydrogens (tertiary/aromatic N) is 2. The van der Waals surface area contributed by atoms with E-state index in [0.29, 0.717) is 12.1 Å². The summed E-state index contributed by atoms with van der Waals surface area (Å²) in [6.07, 6.45) is 1.78. The lowest BCUT2D eigenvalue weighted by atomic mass is 10.2. The lowest BCUT2D eigenvalue weighted by Crippen LogP contribution is -2.19. The fraction of sp³-hybridized carbons (Fsp3) is 0.267. The Morgan fingerprint density at radius 1 is 1.26 bits per heavy atom. The average Bonchev–Trinajstić information content (AvgIpc) is 2.42. The summed E-state index contributed by atoms with van der Waals surface area (Å²) in [7, 11) is 3.82. The average molecular weight is 259 g/mol. The summed E-state index contributed by atoms with van der Waals surface area (Å²) in [5, 5.41) is 3.10. The van der Waals surface area contributed by atoms with Gasteiger partial charge in [0.1, 0.15) is 11.6 Å². The molecule has 1 aromatic heterocycles. The first-order valence-corrected chi connectivity index (χ1v) is 6.25. The predicted octanol–water partition coefficient (Wildman–Crippen LogP) is 2.58. The SMILES string of the molecule is CNCc1ccnc(N(C)Cc2ccccc2F)c1. The van der Waals surface area contributed by atoms with Crippen LogP contribution in [-0.4, -0.2) is 19.1 Å². The zero-order chi connectivity index (χ0) is 13.7. The second-order valence-corrected chi connectivity index (χ2v) is 4.50. The van der Waals surface area contributed by atoms with Gasteiger partial charge < -0.3 is 10.2 Å². The van der Waals surface area contributed by atoms with E-state index in [1.807, 2.05) is 37.2 Å². The predicted molar refractivity (Wildman–Crippen MR) is 75.5 cm³/mol. The van der Waals surface area contributed by atoms with Crippen molar-refractivity contribution in [1.82, 2.24) is 10.3 Å². The van der Waals surface area contributed by atoms with Gasteiger partial charge in [-0.3, -0.25) is 0 Å². The molecule has 3 nitrogen and oxygen atoms in total. The maximum Gasteiger partial charge on any atom is 0.128 e. The van der Waals surface area contributed by atoms with Gasteiger partial charge in [-0.15, -0.1) is 0 Å². The summed E-state index contributed by atoms with van der Waals surface area (Å²) < 4.78 is 13.6. The molecule has 100 valence electrons. The first-order valence-electron chi connectivity index (χ1n) is 6.25. The quantitative estimate of drug-likeness (QED) is 0.894. The maximum absolute atomic E-state index is 13.6. The monoisotopic (exact) mass is 259 g/mol. The summed E-state index contributed by atoms with van der Waals surface area (Å²) in [6, 6.07) is 10.8. The van der Waals surface area contributed by atoms with Crippen LogP contribution in [-0.2, 0) is 13.1 Å². The third-order valence-corrected chi connectivity index (χ3v) is 2.95. The van der Waals surface area contributed by atoms with Crippen molar-refractivity contribution >= 4 is 5.82 Å². The molecular formula is C15H18FN3. The number of hydrogen-bond donors (Lipinski definition) is 1. The molecule has 0 fully saturated rings. The summed E-state index contributed by atoms with van der Waals surface area (Å²) in [4.78, 5) is 6.27. The van der Waals surface area contributed by atoms with Gasteiger partial charge in [0.2, 0.25) is 0 Å². The van der Waals surface area contributed by atoms with Crippen molar-refractivity contribution in [2.24, 2.45) is 0 Å². The normalized spacial score (nSPS) is 10.5. The van der Waals surface area contributed by atoms with Crippen molar-refractivity contribution in [2.75, 3.05) is 19.0 Å². The van der Waals surface area contributed by atoms with Crippen LogP contribution in [0, 0.1) is 5.82 Å². The topological polar surface area (TPSA) is 28.2 Å². The third kappa shape index (κ3) is 3.51. The Bertz CT molecular complexity index is 542.